The Bertz CT molecular complexity index is 1270. The molecule has 0 aliphatic carbocycles. The molecule has 0 spiro atoms. The first kappa shape index (κ1) is 20.3. The monoisotopic (exact) mass is 414 g/mol. The van der Waals surface area contributed by atoms with E-state index in [9.17, 15) is 9.59 Å². The molecule has 0 radical (unpaired) electrons. The van der Waals surface area contributed by atoms with Crippen LogP contribution in [0.25, 0.3) is 5.65 Å². The van der Waals surface area contributed by atoms with E-state index in [4.69, 9.17) is 9.47 Å². The minimum absolute atomic E-state index is 0.0897. The number of ether oxygens (including phenoxy) is 2. The van der Waals surface area contributed by atoms with Gasteiger partial charge in [0.05, 0.1) is 5.69 Å². The predicted octanol–water partition coefficient (Wildman–Crippen LogP) is 3.72. The SMILES string of the molecule is Cc1cccc2nc(COC(=O)COc3ccccc3Cc3ccccc3)cc(=O)n12. The second-order valence-corrected chi connectivity index (χ2v) is 7.17. The standard InChI is InChI=1S/C25H22N2O4/c1-18-8-7-13-23-26-21(15-24(28)27(18)23)16-31-25(29)17-30-22-12-6-5-11-20(22)14-19-9-3-2-4-10-19/h2-13,15H,14,16-17H2,1H3. The van der Waals surface area contributed by atoms with Gasteiger partial charge in [0.25, 0.3) is 5.56 Å². The van der Waals surface area contributed by atoms with Crippen molar-refractivity contribution in [2.45, 2.75) is 20.0 Å². The van der Waals surface area contributed by atoms with Crippen molar-refractivity contribution in [1.82, 2.24) is 9.38 Å². The summed E-state index contributed by atoms with van der Waals surface area (Å²) in [5.41, 5.74) is 3.64. The Morgan fingerprint density at radius 1 is 0.968 bits per heavy atom. The Hall–Kier alpha value is -3.93. The van der Waals surface area contributed by atoms with Crippen LogP contribution in [0.5, 0.6) is 5.75 Å². The zero-order valence-electron chi connectivity index (χ0n) is 17.2. The van der Waals surface area contributed by atoms with Crippen LogP contribution >= 0.6 is 0 Å². The molecule has 0 atom stereocenters. The van der Waals surface area contributed by atoms with Gasteiger partial charge >= 0.3 is 5.97 Å². The highest BCUT2D eigenvalue weighted by Crippen LogP contribution is 2.21. The fourth-order valence-corrected chi connectivity index (χ4v) is 3.38. The Balaban J connectivity index is 1.37. The molecule has 156 valence electrons. The molecular formula is C25H22N2O4. The molecule has 2 aromatic heterocycles. The molecule has 0 amide bonds. The summed E-state index contributed by atoms with van der Waals surface area (Å²) < 4.78 is 12.5. The third-order valence-electron chi connectivity index (χ3n) is 4.87. The number of para-hydroxylation sites is 1. The van der Waals surface area contributed by atoms with Crippen molar-refractivity contribution in [3.8, 4) is 5.75 Å². The Kier molecular flexibility index (Phi) is 6.08. The molecule has 2 heterocycles. The number of benzene rings is 2. The van der Waals surface area contributed by atoms with E-state index in [1.165, 1.54) is 10.5 Å². The van der Waals surface area contributed by atoms with Crippen LogP contribution in [0, 0.1) is 6.92 Å². The lowest BCUT2D eigenvalue weighted by Crippen LogP contribution is -2.20. The van der Waals surface area contributed by atoms with Gasteiger partial charge in [-0.1, -0.05) is 54.6 Å². The molecule has 6 heteroatoms. The highest BCUT2D eigenvalue weighted by molar-refractivity contribution is 5.71. The van der Waals surface area contributed by atoms with Crippen molar-refractivity contribution in [3.63, 3.8) is 0 Å². The normalized spacial score (nSPS) is 10.7. The van der Waals surface area contributed by atoms with Crippen molar-refractivity contribution < 1.29 is 14.3 Å². The number of aromatic nitrogens is 2. The quantitative estimate of drug-likeness (QED) is 0.431. The van der Waals surface area contributed by atoms with Crippen molar-refractivity contribution in [3.05, 3.63) is 112 Å². The number of hydrogen-bond acceptors (Lipinski definition) is 5. The van der Waals surface area contributed by atoms with Gasteiger partial charge in [0.15, 0.2) is 6.61 Å². The molecule has 6 nitrogen and oxygen atoms in total. The van der Waals surface area contributed by atoms with E-state index in [1.807, 2.05) is 73.7 Å². The highest BCUT2D eigenvalue weighted by Gasteiger charge is 2.10. The lowest BCUT2D eigenvalue weighted by Gasteiger charge is -2.12. The molecule has 0 aliphatic heterocycles. The number of carbonyl (C=O) groups is 1. The van der Waals surface area contributed by atoms with Crippen LogP contribution < -0.4 is 10.3 Å². The third kappa shape index (κ3) is 4.98. The number of rotatable bonds is 7. The number of hydrogen-bond donors (Lipinski definition) is 0. The predicted molar refractivity (Wildman–Crippen MR) is 117 cm³/mol. The Morgan fingerprint density at radius 2 is 1.74 bits per heavy atom. The van der Waals surface area contributed by atoms with Gasteiger partial charge in [-0.15, -0.1) is 0 Å². The van der Waals surface area contributed by atoms with Crippen molar-refractivity contribution in [2.24, 2.45) is 0 Å². The van der Waals surface area contributed by atoms with Crippen LogP contribution in [0.3, 0.4) is 0 Å². The average molecular weight is 414 g/mol. The van der Waals surface area contributed by atoms with Gasteiger partial charge in [-0.3, -0.25) is 9.20 Å². The van der Waals surface area contributed by atoms with E-state index in [1.54, 1.807) is 6.07 Å². The fourth-order valence-electron chi connectivity index (χ4n) is 3.38. The molecule has 4 aromatic rings. The van der Waals surface area contributed by atoms with Crippen LogP contribution in [0.1, 0.15) is 22.5 Å². The van der Waals surface area contributed by atoms with Crippen molar-refractivity contribution in [2.75, 3.05) is 6.61 Å². The van der Waals surface area contributed by atoms with Crippen LogP contribution in [-0.4, -0.2) is 22.0 Å². The van der Waals surface area contributed by atoms with Gasteiger partial charge in [-0.25, -0.2) is 9.78 Å². The van der Waals surface area contributed by atoms with E-state index >= 15 is 0 Å². The molecule has 0 unspecified atom stereocenters. The number of esters is 1. The molecule has 0 bridgehead atoms. The third-order valence-corrected chi connectivity index (χ3v) is 4.87. The molecule has 31 heavy (non-hydrogen) atoms. The first-order valence-electron chi connectivity index (χ1n) is 9.99. The summed E-state index contributed by atoms with van der Waals surface area (Å²) in [7, 11) is 0. The van der Waals surface area contributed by atoms with Crippen LogP contribution in [-0.2, 0) is 22.6 Å². The number of carbonyl (C=O) groups excluding carboxylic acids is 1. The zero-order valence-corrected chi connectivity index (χ0v) is 17.2. The minimum Gasteiger partial charge on any atom is -0.482 e. The first-order valence-corrected chi connectivity index (χ1v) is 9.99. The maximum atomic E-state index is 12.3. The van der Waals surface area contributed by atoms with Crippen LogP contribution in [0.15, 0.2) is 83.7 Å². The minimum atomic E-state index is -0.527. The molecule has 0 saturated carbocycles. The fraction of sp³-hybridized carbons (Fsp3) is 0.160. The van der Waals surface area contributed by atoms with Crippen molar-refractivity contribution >= 4 is 11.6 Å². The maximum Gasteiger partial charge on any atom is 0.344 e. The van der Waals surface area contributed by atoms with E-state index in [2.05, 4.69) is 4.98 Å². The zero-order chi connectivity index (χ0) is 21.6. The molecule has 0 fully saturated rings. The Morgan fingerprint density at radius 3 is 2.58 bits per heavy atom. The van der Waals surface area contributed by atoms with Gasteiger partial charge in [0.1, 0.15) is 18.0 Å². The average Bonchev–Trinajstić information content (AvgIpc) is 2.77. The molecule has 0 aliphatic rings. The summed E-state index contributed by atoms with van der Waals surface area (Å²) in [6.07, 6.45) is 0.705. The van der Waals surface area contributed by atoms with Gasteiger partial charge in [-0.05, 0) is 36.2 Å². The second-order valence-electron chi connectivity index (χ2n) is 7.17. The van der Waals surface area contributed by atoms with E-state index in [0.717, 1.165) is 16.8 Å². The Labute approximate surface area is 179 Å². The largest absolute Gasteiger partial charge is 0.482 e. The number of aryl methyl sites for hydroxylation is 1. The van der Waals surface area contributed by atoms with Crippen molar-refractivity contribution in [1.29, 1.82) is 0 Å². The first-order chi connectivity index (χ1) is 15.1. The summed E-state index contributed by atoms with van der Waals surface area (Å²) in [4.78, 5) is 28.9. The summed E-state index contributed by atoms with van der Waals surface area (Å²) >= 11 is 0. The summed E-state index contributed by atoms with van der Waals surface area (Å²) in [5.74, 6) is 0.113. The smallest absolute Gasteiger partial charge is 0.344 e. The summed E-state index contributed by atoms with van der Waals surface area (Å²) in [6, 6.07) is 24.4. The van der Waals surface area contributed by atoms with E-state index in [-0.39, 0.29) is 18.8 Å². The lowest BCUT2D eigenvalue weighted by atomic mass is 10.0. The topological polar surface area (TPSA) is 69.9 Å². The molecular weight excluding hydrogens is 392 g/mol. The second kappa shape index (κ2) is 9.26. The number of fused-ring (bicyclic) bond motifs is 1. The molecule has 0 N–H and O–H groups in total. The van der Waals surface area contributed by atoms with Gasteiger partial charge in [0.2, 0.25) is 0 Å². The van der Waals surface area contributed by atoms with Crippen LogP contribution in [0.2, 0.25) is 0 Å². The lowest BCUT2D eigenvalue weighted by molar-refractivity contribution is -0.147. The van der Waals surface area contributed by atoms with Gasteiger partial charge < -0.3 is 9.47 Å². The molecule has 4 rings (SSSR count). The number of nitrogens with zero attached hydrogens (tertiary/aromatic N) is 2. The van der Waals surface area contributed by atoms with Gasteiger partial charge in [-0.2, -0.15) is 0 Å². The molecule has 0 saturated heterocycles. The van der Waals surface area contributed by atoms with Gasteiger partial charge in [0, 0.05) is 18.2 Å². The van der Waals surface area contributed by atoms with Crippen LogP contribution in [0.4, 0.5) is 0 Å². The molecule has 2 aromatic carbocycles. The van der Waals surface area contributed by atoms with E-state index in [0.29, 0.717) is 23.5 Å². The van der Waals surface area contributed by atoms with E-state index < -0.39 is 5.97 Å². The maximum absolute atomic E-state index is 12.3. The summed E-state index contributed by atoms with van der Waals surface area (Å²) in [6.45, 7) is 1.52. The number of pyridine rings is 1. The summed E-state index contributed by atoms with van der Waals surface area (Å²) in [5, 5.41) is 0. The highest BCUT2D eigenvalue weighted by atomic mass is 16.6.